The summed E-state index contributed by atoms with van der Waals surface area (Å²) in [4.78, 5) is 17.1. The monoisotopic (exact) mass is 281 g/mol. The van der Waals surface area contributed by atoms with E-state index in [2.05, 4.69) is 10.1 Å². The number of nitrogens with zero attached hydrogens (tertiary/aromatic N) is 2. The molecule has 1 aromatic carbocycles. The van der Waals surface area contributed by atoms with Crippen molar-refractivity contribution in [2.24, 2.45) is 0 Å². The van der Waals surface area contributed by atoms with Gasteiger partial charge >= 0.3 is 0 Å². The van der Waals surface area contributed by atoms with Gasteiger partial charge < -0.3 is 0 Å². The number of aromatic nitrogens is 3. The lowest BCUT2D eigenvalue weighted by atomic mass is 10.2. The Morgan fingerprint density at radius 1 is 1.20 bits per heavy atom. The summed E-state index contributed by atoms with van der Waals surface area (Å²) in [5.41, 5.74) is 3.35. The minimum atomic E-state index is -0.0495. The summed E-state index contributed by atoms with van der Waals surface area (Å²) in [6, 6.07) is 11.6. The summed E-state index contributed by atoms with van der Waals surface area (Å²) in [5.74, 6) is 0. The third-order valence-corrected chi connectivity index (χ3v) is 4.35. The van der Waals surface area contributed by atoms with E-state index >= 15 is 0 Å². The van der Waals surface area contributed by atoms with Gasteiger partial charge in [0.15, 0.2) is 0 Å². The van der Waals surface area contributed by atoms with Gasteiger partial charge in [-0.15, -0.1) is 11.3 Å². The van der Waals surface area contributed by atoms with Gasteiger partial charge in [-0.1, -0.05) is 18.2 Å². The van der Waals surface area contributed by atoms with E-state index in [1.165, 1.54) is 0 Å². The lowest BCUT2D eigenvalue weighted by molar-refractivity contribution is 0.864. The van der Waals surface area contributed by atoms with Gasteiger partial charge in [0.2, 0.25) is 0 Å². The van der Waals surface area contributed by atoms with Gasteiger partial charge in [-0.25, -0.2) is 4.68 Å². The Labute approximate surface area is 118 Å². The van der Waals surface area contributed by atoms with Gasteiger partial charge in [0, 0.05) is 0 Å². The molecule has 0 unspecified atom stereocenters. The number of hydrogen-bond acceptors (Lipinski definition) is 3. The number of hydrogen-bond donors (Lipinski definition) is 1. The number of aromatic amines is 1. The minimum Gasteiger partial charge on any atom is -0.289 e. The van der Waals surface area contributed by atoms with Crippen LogP contribution in [0, 0.1) is 6.92 Å². The van der Waals surface area contributed by atoms with Crippen molar-refractivity contribution in [1.29, 1.82) is 0 Å². The fourth-order valence-electron chi connectivity index (χ4n) is 2.51. The van der Waals surface area contributed by atoms with Crippen molar-refractivity contribution < 1.29 is 0 Å². The highest BCUT2D eigenvalue weighted by molar-refractivity contribution is 7.18. The SMILES string of the molecule is Cc1nc2ccsc2c2[nH]n(-c3ccccc3)c(=O)c12. The number of benzene rings is 1. The van der Waals surface area contributed by atoms with E-state index in [1.54, 1.807) is 16.0 Å². The number of nitrogens with one attached hydrogen (secondary N) is 1. The Balaban J connectivity index is 2.18. The molecule has 0 aliphatic heterocycles. The molecule has 98 valence electrons. The molecule has 4 aromatic rings. The van der Waals surface area contributed by atoms with Crippen molar-refractivity contribution in [2.45, 2.75) is 6.92 Å². The van der Waals surface area contributed by atoms with Gasteiger partial charge in [0.05, 0.1) is 32.5 Å². The Morgan fingerprint density at radius 3 is 2.80 bits per heavy atom. The molecule has 0 aliphatic rings. The summed E-state index contributed by atoms with van der Waals surface area (Å²) < 4.78 is 2.61. The number of H-pyrrole nitrogens is 1. The topological polar surface area (TPSA) is 50.7 Å². The second-order valence-electron chi connectivity index (χ2n) is 4.67. The first-order valence-corrected chi connectivity index (χ1v) is 7.17. The maximum absolute atomic E-state index is 12.6. The van der Waals surface area contributed by atoms with E-state index in [-0.39, 0.29) is 5.56 Å². The highest BCUT2D eigenvalue weighted by atomic mass is 32.1. The number of fused-ring (bicyclic) bond motifs is 3. The van der Waals surface area contributed by atoms with Crippen LogP contribution in [0.3, 0.4) is 0 Å². The molecule has 3 heterocycles. The van der Waals surface area contributed by atoms with E-state index in [1.807, 2.05) is 48.7 Å². The van der Waals surface area contributed by atoms with E-state index in [0.717, 1.165) is 27.1 Å². The summed E-state index contributed by atoms with van der Waals surface area (Å²) >= 11 is 1.60. The lowest BCUT2D eigenvalue weighted by Gasteiger charge is -1.99. The molecule has 0 saturated carbocycles. The van der Waals surface area contributed by atoms with Crippen LogP contribution >= 0.6 is 11.3 Å². The number of aryl methyl sites for hydroxylation is 1. The Morgan fingerprint density at radius 2 is 2.00 bits per heavy atom. The molecular weight excluding hydrogens is 270 g/mol. The molecule has 3 aromatic heterocycles. The quantitative estimate of drug-likeness (QED) is 0.582. The fourth-order valence-corrected chi connectivity index (χ4v) is 3.34. The largest absolute Gasteiger partial charge is 0.289 e. The van der Waals surface area contributed by atoms with Crippen LogP contribution in [0.5, 0.6) is 0 Å². The average molecular weight is 281 g/mol. The molecule has 4 nitrogen and oxygen atoms in total. The lowest BCUT2D eigenvalue weighted by Crippen LogP contribution is -2.14. The highest BCUT2D eigenvalue weighted by Crippen LogP contribution is 2.27. The number of pyridine rings is 1. The van der Waals surface area contributed by atoms with Gasteiger partial charge in [-0.2, -0.15) is 0 Å². The predicted octanol–water partition coefficient (Wildman–Crippen LogP) is 3.24. The van der Waals surface area contributed by atoms with Crippen LogP contribution in [0.2, 0.25) is 0 Å². The highest BCUT2D eigenvalue weighted by Gasteiger charge is 2.15. The summed E-state index contributed by atoms with van der Waals surface area (Å²) in [6.07, 6.45) is 0. The molecule has 0 spiro atoms. The number of para-hydroxylation sites is 1. The van der Waals surface area contributed by atoms with Crippen molar-refractivity contribution in [2.75, 3.05) is 0 Å². The van der Waals surface area contributed by atoms with Gasteiger partial charge in [0.25, 0.3) is 5.56 Å². The molecule has 0 aliphatic carbocycles. The molecular formula is C15H11N3OS. The van der Waals surface area contributed by atoms with Crippen LogP contribution in [0.1, 0.15) is 5.69 Å². The second kappa shape index (κ2) is 4.05. The van der Waals surface area contributed by atoms with Gasteiger partial charge in [-0.05, 0) is 30.5 Å². The fraction of sp³-hybridized carbons (Fsp3) is 0.0667. The molecule has 0 fully saturated rings. The van der Waals surface area contributed by atoms with Crippen LogP contribution in [0.4, 0.5) is 0 Å². The maximum Gasteiger partial charge on any atom is 0.281 e. The third-order valence-electron chi connectivity index (χ3n) is 3.43. The van der Waals surface area contributed by atoms with E-state index in [0.29, 0.717) is 5.39 Å². The Hall–Kier alpha value is -2.40. The van der Waals surface area contributed by atoms with Crippen molar-refractivity contribution in [3.8, 4) is 5.69 Å². The first-order valence-electron chi connectivity index (χ1n) is 6.29. The third kappa shape index (κ3) is 1.47. The van der Waals surface area contributed by atoms with Crippen molar-refractivity contribution >= 4 is 32.5 Å². The van der Waals surface area contributed by atoms with Crippen LogP contribution < -0.4 is 5.56 Å². The smallest absolute Gasteiger partial charge is 0.281 e. The first kappa shape index (κ1) is 11.4. The number of thiophene rings is 1. The number of rotatable bonds is 1. The molecule has 0 atom stereocenters. The Kier molecular flexibility index (Phi) is 2.31. The minimum absolute atomic E-state index is 0.0495. The van der Waals surface area contributed by atoms with Crippen LogP contribution in [-0.2, 0) is 0 Å². The van der Waals surface area contributed by atoms with Crippen LogP contribution in [-0.4, -0.2) is 14.8 Å². The summed E-state index contributed by atoms with van der Waals surface area (Å²) in [6.45, 7) is 1.88. The van der Waals surface area contributed by atoms with Gasteiger partial charge in [-0.3, -0.25) is 14.9 Å². The van der Waals surface area contributed by atoms with Crippen LogP contribution in [0.25, 0.3) is 26.8 Å². The predicted molar refractivity (Wildman–Crippen MR) is 81.8 cm³/mol. The maximum atomic E-state index is 12.6. The first-order chi connectivity index (χ1) is 9.75. The zero-order chi connectivity index (χ0) is 13.7. The Bertz CT molecular complexity index is 979. The van der Waals surface area contributed by atoms with E-state index in [4.69, 9.17) is 0 Å². The van der Waals surface area contributed by atoms with Crippen molar-refractivity contribution in [3.05, 3.63) is 57.8 Å². The van der Waals surface area contributed by atoms with Gasteiger partial charge in [0.1, 0.15) is 0 Å². The molecule has 0 bridgehead atoms. The second-order valence-corrected chi connectivity index (χ2v) is 5.59. The molecule has 5 heteroatoms. The zero-order valence-corrected chi connectivity index (χ0v) is 11.6. The standard InChI is InChI=1S/C15H11N3OS/c1-9-12-13(14-11(16-9)7-8-20-14)17-18(15(12)19)10-5-3-2-4-6-10/h2-8,17H,1H3. The molecule has 20 heavy (non-hydrogen) atoms. The zero-order valence-electron chi connectivity index (χ0n) is 10.8. The van der Waals surface area contributed by atoms with E-state index in [9.17, 15) is 4.79 Å². The van der Waals surface area contributed by atoms with Crippen molar-refractivity contribution in [3.63, 3.8) is 0 Å². The van der Waals surface area contributed by atoms with Crippen molar-refractivity contribution in [1.82, 2.24) is 14.8 Å². The molecule has 1 N–H and O–H groups in total. The average Bonchev–Trinajstić information content (AvgIpc) is 3.04. The van der Waals surface area contributed by atoms with Crippen LogP contribution in [0.15, 0.2) is 46.6 Å². The molecule has 4 rings (SSSR count). The molecule has 0 amide bonds. The molecule has 0 radical (unpaired) electrons. The van der Waals surface area contributed by atoms with E-state index < -0.39 is 0 Å². The molecule has 0 saturated heterocycles. The summed E-state index contributed by atoms with van der Waals surface area (Å²) in [5, 5.41) is 5.89. The summed E-state index contributed by atoms with van der Waals surface area (Å²) in [7, 11) is 0. The normalized spacial score (nSPS) is 11.4.